The zero-order valence-electron chi connectivity index (χ0n) is 9.93. The van der Waals surface area contributed by atoms with E-state index >= 15 is 0 Å². The van der Waals surface area contributed by atoms with Crippen molar-refractivity contribution in [1.82, 2.24) is 0 Å². The van der Waals surface area contributed by atoms with Gasteiger partial charge in [0.15, 0.2) is 0 Å². The first-order chi connectivity index (χ1) is 8.91. The van der Waals surface area contributed by atoms with Gasteiger partial charge in [-0.15, -0.1) is 0 Å². The predicted octanol–water partition coefficient (Wildman–Crippen LogP) is 3.94. The normalized spacial score (nSPS) is 11.3. The first-order valence-electron chi connectivity index (χ1n) is 5.30. The molecule has 100 valence electrons. The van der Waals surface area contributed by atoms with Crippen molar-refractivity contribution in [2.24, 2.45) is 0 Å². The number of halogens is 2. The van der Waals surface area contributed by atoms with E-state index in [0.717, 1.165) is 5.56 Å². The van der Waals surface area contributed by atoms with Gasteiger partial charge in [0.2, 0.25) is 0 Å². The highest BCUT2D eigenvalue weighted by atomic mass is 35.7. The van der Waals surface area contributed by atoms with Gasteiger partial charge in [0, 0.05) is 21.3 Å². The Balaban J connectivity index is 2.52. The minimum absolute atomic E-state index is 0.0224. The molecule has 0 radical (unpaired) electrons. The van der Waals surface area contributed by atoms with Crippen LogP contribution in [0.4, 0.5) is 0 Å². The molecular weight excluding hydrogens is 307 g/mol. The van der Waals surface area contributed by atoms with E-state index in [1.54, 1.807) is 13.2 Å². The Hall–Kier alpha value is -1.23. The molecular formula is C13H10Cl2O3S. The summed E-state index contributed by atoms with van der Waals surface area (Å²) in [5, 5.41) is 0.315. The van der Waals surface area contributed by atoms with Gasteiger partial charge in [-0.1, -0.05) is 29.8 Å². The summed E-state index contributed by atoms with van der Waals surface area (Å²) in [4.78, 5) is -0.0224. The standard InChI is InChI=1S/C13H10Cl2O3S/c1-18-10-4-2-3-9(7-10)12-6-5-11(8-13(12)14)19(15,16)17/h2-8H,1H3. The molecule has 0 spiro atoms. The van der Waals surface area contributed by atoms with Crippen LogP contribution in [-0.4, -0.2) is 15.5 Å². The Kier molecular flexibility index (Phi) is 4.04. The lowest BCUT2D eigenvalue weighted by Gasteiger charge is -2.07. The second-order valence-corrected chi connectivity index (χ2v) is 6.78. The van der Waals surface area contributed by atoms with Gasteiger partial charge in [0.1, 0.15) is 5.75 Å². The number of ether oxygens (including phenoxy) is 1. The average Bonchev–Trinajstić information content (AvgIpc) is 2.37. The van der Waals surface area contributed by atoms with E-state index in [2.05, 4.69) is 0 Å². The van der Waals surface area contributed by atoms with E-state index < -0.39 is 9.05 Å². The summed E-state index contributed by atoms with van der Waals surface area (Å²) in [6, 6.07) is 11.7. The maximum absolute atomic E-state index is 11.2. The zero-order chi connectivity index (χ0) is 14.0. The van der Waals surface area contributed by atoms with Crippen molar-refractivity contribution >= 4 is 31.3 Å². The van der Waals surface area contributed by atoms with Crippen LogP contribution in [0.25, 0.3) is 11.1 Å². The molecule has 19 heavy (non-hydrogen) atoms. The van der Waals surface area contributed by atoms with Crippen LogP contribution in [-0.2, 0) is 9.05 Å². The molecule has 2 aromatic carbocycles. The smallest absolute Gasteiger partial charge is 0.261 e. The predicted molar refractivity (Wildman–Crippen MR) is 76.5 cm³/mol. The van der Waals surface area contributed by atoms with Crippen LogP contribution in [0.15, 0.2) is 47.4 Å². The Morgan fingerprint density at radius 1 is 1.11 bits per heavy atom. The molecule has 6 heteroatoms. The van der Waals surface area contributed by atoms with Crippen LogP contribution in [0.3, 0.4) is 0 Å². The first-order valence-corrected chi connectivity index (χ1v) is 7.99. The fourth-order valence-corrected chi connectivity index (χ4v) is 2.80. The molecule has 0 aliphatic heterocycles. The molecule has 0 saturated carbocycles. The molecule has 0 atom stereocenters. The Morgan fingerprint density at radius 3 is 2.42 bits per heavy atom. The van der Waals surface area contributed by atoms with Gasteiger partial charge >= 0.3 is 0 Å². The van der Waals surface area contributed by atoms with E-state index in [0.29, 0.717) is 16.3 Å². The molecule has 0 aliphatic rings. The van der Waals surface area contributed by atoms with E-state index in [1.807, 2.05) is 24.3 Å². The highest BCUT2D eigenvalue weighted by Crippen LogP contribution is 2.32. The van der Waals surface area contributed by atoms with Gasteiger partial charge in [0.05, 0.1) is 12.0 Å². The van der Waals surface area contributed by atoms with Crippen LogP contribution >= 0.6 is 22.3 Å². The number of rotatable bonds is 3. The third-order valence-electron chi connectivity index (χ3n) is 2.60. The van der Waals surface area contributed by atoms with Crippen molar-refractivity contribution in [2.75, 3.05) is 7.11 Å². The minimum Gasteiger partial charge on any atom is -0.497 e. The molecule has 0 unspecified atom stereocenters. The lowest BCUT2D eigenvalue weighted by atomic mass is 10.1. The lowest BCUT2D eigenvalue weighted by Crippen LogP contribution is -1.91. The highest BCUT2D eigenvalue weighted by molar-refractivity contribution is 8.13. The molecule has 2 aromatic rings. The second-order valence-electron chi connectivity index (χ2n) is 3.81. The molecule has 0 heterocycles. The Morgan fingerprint density at radius 2 is 1.84 bits per heavy atom. The summed E-state index contributed by atoms with van der Waals surface area (Å²) < 4.78 is 27.6. The first kappa shape index (κ1) is 14.2. The number of hydrogen-bond donors (Lipinski definition) is 0. The summed E-state index contributed by atoms with van der Waals surface area (Å²) >= 11 is 6.10. The third kappa shape index (κ3) is 3.21. The molecule has 0 aliphatic carbocycles. The zero-order valence-corrected chi connectivity index (χ0v) is 12.3. The largest absolute Gasteiger partial charge is 0.497 e. The molecule has 0 fully saturated rings. The van der Waals surface area contributed by atoms with Crippen LogP contribution in [0.2, 0.25) is 5.02 Å². The van der Waals surface area contributed by atoms with Gasteiger partial charge in [-0.3, -0.25) is 0 Å². The highest BCUT2D eigenvalue weighted by Gasteiger charge is 2.13. The molecule has 0 saturated heterocycles. The quantitative estimate of drug-likeness (QED) is 0.805. The topological polar surface area (TPSA) is 43.4 Å². The van der Waals surface area contributed by atoms with Gasteiger partial charge in [-0.25, -0.2) is 8.42 Å². The Labute approximate surface area is 121 Å². The fourth-order valence-electron chi connectivity index (χ4n) is 1.67. The molecule has 0 amide bonds. The number of methoxy groups -OCH3 is 1. The van der Waals surface area contributed by atoms with Gasteiger partial charge in [-0.05, 0) is 29.8 Å². The third-order valence-corrected chi connectivity index (χ3v) is 4.27. The maximum Gasteiger partial charge on any atom is 0.261 e. The van der Waals surface area contributed by atoms with E-state index in [1.165, 1.54) is 12.1 Å². The van der Waals surface area contributed by atoms with Crippen molar-refractivity contribution < 1.29 is 13.2 Å². The fraction of sp³-hybridized carbons (Fsp3) is 0.0769. The van der Waals surface area contributed by atoms with Crippen molar-refractivity contribution in [3.63, 3.8) is 0 Å². The number of benzene rings is 2. The maximum atomic E-state index is 11.2. The molecule has 0 N–H and O–H groups in total. The van der Waals surface area contributed by atoms with Crippen LogP contribution in [0.5, 0.6) is 5.75 Å². The molecule has 2 rings (SSSR count). The lowest BCUT2D eigenvalue weighted by molar-refractivity contribution is 0.415. The van der Waals surface area contributed by atoms with Crippen LogP contribution in [0, 0.1) is 0 Å². The summed E-state index contributed by atoms with van der Waals surface area (Å²) in [7, 11) is 3.07. The monoisotopic (exact) mass is 316 g/mol. The second kappa shape index (κ2) is 5.41. The van der Waals surface area contributed by atoms with Crippen molar-refractivity contribution in [3.8, 4) is 16.9 Å². The van der Waals surface area contributed by atoms with E-state index in [-0.39, 0.29) is 4.90 Å². The van der Waals surface area contributed by atoms with Crippen molar-refractivity contribution in [2.45, 2.75) is 4.90 Å². The van der Waals surface area contributed by atoms with Crippen molar-refractivity contribution in [3.05, 3.63) is 47.5 Å². The van der Waals surface area contributed by atoms with Crippen LogP contribution in [0.1, 0.15) is 0 Å². The summed E-state index contributed by atoms with van der Waals surface area (Å²) in [5.74, 6) is 0.697. The number of hydrogen-bond acceptors (Lipinski definition) is 3. The van der Waals surface area contributed by atoms with Gasteiger partial charge < -0.3 is 4.74 Å². The summed E-state index contributed by atoms with van der Waals surface area (Å²) in [6.45, 7) is 0. The molecule has 0 aromatic heterocycles. The summed E-state index contributed by atoms with van der Waals surface area (Å²) in [6.07, 6.45) is 0. The Bertz CT molecular complexity index is 712. The SMILES string of the molecule is COc1cccc(-c2ccc(S(=O)(=O)Cl)cc2Cl)c1. The average molecular weight is 317 g/mol. The van der Waals surface area contributed by atoms with Crippen molar-refractivity contribution in [1.29, 1.82) is 0 Å². The van der Waals surface area contributed by atoms with E-state index in [9.17, 15) is 8.42 Å². The van der Waals surface area contributed by atoms with Gasteiger partial charge in [-0.2, -0.15) is 0 Å². The summed E-state index contributed by atoms with van der Waals surface area (Å²) in [5.41, 5.74) is 1.55. The van der Waals surface area contributed by atoms with E-state index in [4.69, 9.17) is 27.0 Å². The minimum atomic E-state index is -3.77. The van der Waals surface area contributed by atoms with Crippen LogP contribution < -0.4 is 4.74 Å². The van der Waals surface area contributed by atoms with Gasteiger partial charge in [0.25, 0.3) is 9.05 Å². The molecule has 0 bridgehead atoms. The molecule has 3 nitrogen and oxygen atoms in total.